The SMILES string of the molecule is BrCCOCCOCCOCCOCCOCCOCCOCCOCCOC(c1ccccc1)(c1ccccc1)c1ccccc1. The molecular formula is C37H51BrO9. The Morgan fingerprint density at radius 2 is 0.553 bits per heavy atom. The van der Waals surface area contributed by atoms with Gasteiger partial charge in [-0.15, -0.1) is 0 Å². The van der Waals surface area contributed by atoms with Crippen molar-refractivity contribution in [1.29, 1.82) is 0 Å². The number of benzene rings is 3. The van der Waals surface area contributed by atoms with Gasteiger partial charge in [0.05, 0.1) is 112 Å². The van der Waals surface area contributed by atoms with Gasteiger partial charge < -0.3 is 42.6 Å². The van der Waals surface area contributed by atoms with E-state index in [2.05, 4.69) is 52.3 Å². The maximum Gasteiger partial charge on any atom is 0.143 e. The van der Waals surface area contributed by atoms with Crippen molar-refractivity contribution in [2.24, 2.45) is 0 Å². The van der Waals surface area contributed by atoms with Gasteiger partial charge in [-0.3, -0.25) is 0 Å². The third-order valence-electron chi connectivity index (χ3n) is 6.91. The van der Waals surface area contributed by atoms with Gasteiger partial charge in [-0.1, -0.05) is 107 Å². The molecule has 0 saturated heterocycles. The average Bonchev–Trinajstić information content (AvgIpc) is 3.12. The van der Waals surface area contributed by atoms with E-state index in [-0.39, 0.29) is 0 Å². The molecule has 0 unspecified atom stereocenters. The van der Waals surface area contributed by atoms with Gasteiger partial charge in [0.15, 0.2) is 0 Å². The van der Waals surface area contributed by atoms with Crippen LogP contribution in [0.2, 0.25) is 0 Å². The van der Waals surface area contributed by atoms with Crippen molar-refractivity contribution in [2.75, 3.05) is 118 Å². The van der Waals surface area contributed by atoms with E-state index in [1.54, 1.807) is 0 Å². The van der Waals surface area contributed by atoms with E-state index in [0.717, 1.165) is 22.0 Å². The minimum Gasteiger partial charge on any atom is -0.378 e. The number of rotatable bonds is 30. The van der Waals surface area contributed by atoms with Gasteiger partial charge in [0, 0.05) is 5.33 Å². The second-order valence-electron chi connectivity index (χ2n) is 10.2. The van der Waals surface area contributed by atoms with E-state index < -0.39 is 5.60 Å². The summed E-state index contributed by atoms with van der Waals surface area (Å²) in [5.74, 6) is 0. The lowest BCUT2D eigenvalue weighted by Gasteiger charge is -2.36. The molecule has 9 nitrogen and oxygen atoms in total. The van der Waals surface area contributed by atoms with Crippen LogP contribution >= 0.6 is 15.9 Å². The van der Waals surface area contributed by atoms with Crippen molar-refractivity contribution in [3.63, 3.8) is 0 Å². The molecule has 10 heteroatoms. The number of halogens is 1. The van der Waals surface area contributed by atoms with Gasteiger partial charge in [0.1, 0.15) is 5.60 Å². The molecule has 0 aliphatic rings. The fourth-order valence-electron chi connectivity index (χ4n) is 4.72. The fraction of sp³-hybridized carbons (Fsp3) is 0.514. The Kier molecular flexibility index (Phi) is 22.3. The molecule has 0 aliphatic carbocycles. The zero-order chi connectivity index (χ0) is 32.9. The summed E-state index contributed by atoms with van der Waals surface area (Å²) in [6.07, 6.45) is 0. The summed E-state index contributed by atoms with van der Waals surface area (Å²) in [7, 11) is 0. The Balaban J connectivity index is 1.16. The Bertz CT molecular complexity index is 1010. The van der Waals surface area contributed by atoms with E-state index in [1.807, 2.05) is 54.6 Å². The minimum atomic E-state index is -0.745. The maximum atomic E-state index is 6.72. The van der Waals surface area contributed by atoms with Crippen LogP contribution in [0.3, 0.4) is 0 Å². The maximum absolute atomic E-state index is 6.72. The highest BCUT2D eigenvalue weighted by atomic mass is 79.9. The summed E-state index contributed by atoms with van der Waals surface area (Å²) in [5.41, 5.74) is 2.47. The van der Waals surface area contributed by atoms with Gasteiger partial charge in [-0.05, 0) is 16.7 Å². The van der Waals surface area contributed by atoms with Crippen LogP contribution in [-0.4, -0.2) is 118 Å². The first-order chi connectivity index (χ1) is 23.4. The quantitative estimate of drug-likeness (QED) is 0.0503. The van der Waals surface area contributed by atoms with E-state index in [1.165, 1.54) is 0 Å². The number of alkyl halides is 1. The lowest BCUT2D eigenvalue weighted by atomic mass is 9.80. The summed E-state index contributed by atoms with van der Waals surface area (Å²) < 4.78 is 51.0. The normalized spacial score (nSPS) is 11.7. The molecule has 3 aromatic rings. The number of ether oxygens (including phenoxy) is 9. The van der Waals surface area contributed by atoms with E-state index in [4.69, 9.17) is 42.6 Å². The monoisotopic (exact) mass is 718 g/mol. The Morgan fingerprint density at radius 1 is 0.319 bits per heavy atom. The molecule has 0 N–H and O–H groups in total. The molecule has 0 aromatic heterocycles. The van der Waals surface area contributed by atoms with Crippen molar-refractivity contribution >= 4 is 15.9 Å². The van der Waals surface area contributed by atoms with Crippen LogP contribution in [0.4, 0.5) is 0 Å². The first-order valence-electron chi connectivity index (χ1n) is 16.4. The summed E-state index contributed by atoms with van der Waals surface area (Å²) >= 11 is 3.31. The van der Waals surface area contributed by atoms with Crippen molar-refractivity contribution in [3.05, 3.63) is 108 Å². The highest BCUT2D eigenvalue weighted by molar-refractivity contribution is 9.09. The van der Waals surface area contributed by atoms with Crippen molar-refractivity contribution < 1.29 is 42.6 Å². The second-order valence-corrected chi connectivity index (χ2v) is 11.0. The summed E-state index contributed by atoms with van der Waals surface area (Å²) in [4.78, 5) is 0. The Hall–Kier alpha value is -2.22. The molecule has 3 aromatic carbocycles. The zero-order valence-electron chi connectivity index (χ0n) is 27.4. The second kappa shape index (κ2) is 26.7. The topological polar surface area (TPSA) is 83.1 Å². The number of hydrogen-bond donors (Lipinski definition) is 0. The molecule has 0 atom stereocenters. The van der Waals surface area contributed by atoms with Crippen LogP contribution in [0.25, 0.3) is 0 Å². The van der Waals surface area contributed by atoms with E-state index >= 15 is 0 Å². The molecule has 47 heavy (non-hydrogen) atoms. The van der Waals surface area contributed by atoms with Gasteiger partial charge in [-0.25, -0.2) is 0 Å². The summed E-state index contributed by atoms with van der Waals surface area (Å²) in [6.45, 7) is 8.92. The van der Waals surface area contributed by atoms with Crippen molar-refractivity contribution in [2.45, 2.75) is 5.60 Å². The largest absolute Gasteiger partial charge is 0.378 e. The first kappa shape index (κ1) is 39.2. The fourth-order valence-corrected chi connectivity index (χ4v) is 4.95. The van der Waals surface area contributed by atoms with Crippen molar-refractivity contribution in [1.82, 2.24) is 0 Å². The minimum absolute atomic E-state index is 0.421. The molecule has 0 aliphatic heterocycles. The highest BCUT2D eigenvalue weighted by Crippen LogP contribution is 2.40. The molecule has 0 bridgehead atoms. The molecule has 0 amide bonds. The van der Waals surface area contributed by atoms with E-state index in [0.29, 0.717) is 112 Å². The summed E-state index contributed by atoms with van der Waals surface area (Å²) in [6, 6.07) is 31.0. The first-order valence-corrected chi connectivity index (χ1v) is 17.5. The summed E-state index contributed by atoms with van der Waals surface area (Å²) in [5, 5.41) is 0.837. The van der Waals surface area contributed by atoms with Crippen LogP contribution < -0.4 is 0 Å². The van der Waals surface area contributed by atoms with Gasteiger partial charge in [-0.2, -0.15) is 0 Å². The van der Waals surface area contributed by atoms with Gasteiger partial charge >= 0.3 is 0 Å². The van der Waals surface area contributed by atoms with Crippen LogP contribution in [0.5, 0.6) is 0 Å². The van der Waals surface area contributed by atoms with Crippen LogP contribution in [0.15, 0.2) is 91.0 Å². The molecule has 0 radical (unpaired) electrons. The molecule has 0 heterocycles. The van der Waals surface area contributed by atoms with Gasteiger partial charge in [0.2, 0.25) is 0 Å². The Morgan fingerprint density at radius 3 is 0.809 bits per heavy atom. The highest BCUT2D eigenvalue weighted by Gasteiger charge is 2.37. The van der Waals surface area contributed by atoms with Crippen LogP contribution in [0.1, 0.15) is 16.7 Å². The smallest absolute Gasteiger partial charge is 0.143 e. The zero-order valence-corrected chi connectivity index (χ0v) is 29.0. The molecule has 0 spiro atoms. The Labute approximate surface area is 288 Å². The molecule has 3 rings (SSSR count). The van der Waals surface area contributed by atoms with Crippen LogP contribution in [0, 0.1) is 0 Å². The molecule has 260 valence electrons. The third-order valence-corrected chi connectivity index (χ3v) is 7.24. The lowest BCUT2D eigenvalue weighted by molar-refractivity contribution is -0.0398. The predicted molar refractivity (Wildman–Crippen MR) is 186 cm³/mol. The predicted octanol–water partition coefficient (Wildman–Crippen LogP) is 5.52. The van der Waals surface area contributed by atoms with Crippen molar-refractivity contribution in [3.8, 4) is 0 Å². The van der Waals surface area contributed by atoms with E-state index in [9.17, 15) is 0 Å². The third kappa shape index (κ3) is 16.2. The number of hydrogen-bond acceptors (Lipinski definition) is 9. The molecule has 0 fully saturated rings. The molecular weight excluding hydrogens is 668 g/mol. The molecule has 0 saturated carbocycles. The lowest BCUT2D eigenvalue weighted by Crippen LogP contribution is -2.34. The van der Waals surface area contributed by atoms with Crippen LogP contribution in [-0.2, 0) is 48.2 Å². The average molecular weight is 720 g/mol. The van der Waals surface area contributed by atoms with Gasteiger partial charge in [0.25, 0.3) is 0 Å². The standard InChI is InChI=1S/C37H51BrO9/c38-16-17-39-18-19-40-20-21-41-22-23-42-24-25-43-26-27-44-28-29-45-30-31-46-32-33-47-37(34-10-4-1-5-11-34,35-12-6-2-7-13-35)36-14-8-3-9-15-36/h1-15H,16-33H2.